The minimum atomic E-state index is -0.854. The number of amides is 1. The molecule has 1 aliphatic rings. The van der Waals surface area contributed by atoms with E-state index >= 15 is 0 Å². The van der Waals surface area contributed by atoms with Crippen molar-refractivity contribution in [1.29, 1.82) is 0 Å². The summed E-state index contributed by atoms with van der Waals surface area (Å²) in [5.74, 6) is 0. The van der Waals surface area contributed by atoms with Crippen LogP contribution < -0.4 is 5.32 Å². The van der Waals surface area contributed by atoms with Crippen LogP contribution in [0.5, 0.6) is 0 Å². The molecule has 6 nitrogen and oxygen atoms in total. The lowest BCUT2D eigenvalue weighted by Gasteiger charge is -2.32. The highest BCUT2D eigenvalue weighted by atomic mass is 16.6. The number of aliphatic hydroxyl groups excluding tert-OH is 2. The van der Waals surface area contributed by atoms with Gasteiger partial charge in [0.1, 0.15) is 11.7 Å². The maximum absolute atomic E-state index is 11.5. The molecule has 106 valence electrons. The fraction of sp³-hybridized carbons (Fsp3) is 0.917. The summed E-state index contributed by atoms with van der Waals surface area (Å²) in [5.41, 5.74) is -0.519. The first kappa shape index (κ1) is 15.2. The minimum Gasteiger partial charge on any atom is -0.444 e. The van der Waals surface area contributed by atoms with Crippen molar-refractivity contribution in [3.63, 3.8) is 0 Å². The number of ether oxygens (including phenoxy) is 2. The summed E-state index contributed by atoms with van der Waals surface area (Å²) in [6.45, 7) is 5.42. The van der Waals surface area contributed by atoms with Crippen molar-refractivity contribution in [3.8, 4) is 0 Å². The highest BCUT2D eigenvalue weighted by Crippen LogP contribution is 2.17. The lowest BCUT2D eigenvalue weighted by atomic mass is 10.0. The van der Waals surface area contributed by atoms with Crippen molar-refractivity contribution in [2.75, 3.05) is 13.2 Å². The van der Waals surface area contributed by atoms with Gasteiger partial charge in [-0.25, -0.2) is 4.79 Å². The molecule has 0 radical (unpaired) electrons. The second-order valence-corrected chi connectivity index (χ2v) is 5.54. The van der Waals surface area contributed by atoms with E-state index in [2.05, 4.69) is 5.32 Å². The zero-order valence-corrected chi connectivity index (χ0v) is 11.2. The molecule has 0 aliphatic carbocycles. The van der Waals surface area contributed by atoms with Crippen molar-refractivity contribution in [3.05, 3.63) is 0 Å². The molecule has 0 bridgehead atoms. The zero-order valence-electron chi connectivity index (χ0n) is 11.2. The van der Waals surface area contributed by atoms with Crippen molar-refractivity contribution < 1.29 is 24.5 Å². The van der Waals surface area contributed by atoms with E-state index in [1.165, 1.54) is 0 Å². The van der Waals surface area contributed by atoms with Crippen LogP contribution in [0, 0.1) is 0 Å². The maximum atomic E-state index is 11.5. The molecule has 1 amide bonds. The Morgan fingerprint density at radius 1 is 1.50 bits per heavy atom. The van der Waals surface area contributed by atoms with E-state index in [1.807, 2.05) is 0 Å². The third-order valence-corrected chi connectivity index (χ3v) is 2.65. The molecule has 0 aromatic rings. The molecule has 1 aliphatic heterocycles. The van der Waals surface area contributed by atoms with Crippen LogP contribution in [0.4, 0.5) is 4.79 Å². The van der Waals surface area contributed by atoms with Crippen LogP contribution in [0.15, 0.2) is 0 Å². The van der Waals surface area contributed by atoms with Crippen LogP contribution in [0.1, 0.15) is 33.6 Å². The number of carbonyl (C=O) groups excluding carboxylic acids is 1. The van der Waals surface area contributed by atoms with Crippen LogP contribution in [0.3, 0.4) is 0 Å². The number of hydrogen-bond donors (Lipinski definition) is 3. The largest absolute Gasteiger partial charge is 0.444 e. The number of hydrogen-bond acceptors (Lipinski definition) is 5. The molecule has 1 fully saturated rings. The maximum Gasteiger partial charge on any atom is 0.407 e. The lowest BCUT2D eigenvalue weighted by Crippen LogP contribution is -2.47. The third-order valence-electron chi connectivity index (χ3n) is 2.65. The standard InChI is InChI=1S/C12H23NO5/c1-12(2,3)18-11(16)13-8-4-5-10(17-7-8)9(15)6-14/h8-10,14-15H,4-7H2,1-3H3,(H,13,16)/t8-,9?,10+/m1/s1. The molecule has 1 saturated heterocycles. The fourth-order valence-electron chi connectivity index (χ4n) is 1.78. The van der Waals surface area contributed by atoms with E-state index in [0.717, 1.165) is 0 Å². The summed E-state index contributed by atoms with van der Waals surface area (Å²) in [6, 6.07) is -0.109. The normalized spacial score (nSPS) is 26.5. The predicted octanol–water partition coefficient (Wildman–Crippen LogP) is 0.412. The Labute approximate surface area is 107 Å². The predicted molar refractivity (Wildman–Crippen MR) is 65.2 cm³/mol. The smallest absolute Gasteiger partial charge is 0.407 e. The molecule has 0 aromatic heterocycles. The summed E-state index contributed by atoms with van der Waals surface area (Å²) in [5, 5.41) is 20.9. The number of aliphatic hydroxyl groups is 2. The molecule has 3 atom stereocenters. The monoisotopic (exact) mass is 261 g/mol. The van der Waals surface area contributed by atoms with Gasteiger partial charge in [0.25, 0.3) is 0 Å². The molecular formula is C12H23NO5. The quantitative estimate of drug-likeness (QED) is 0.685. The third kappa shape index (κ3) is 5.20. The highest BCUT2D eigenvalue weighted by molar-refractivity contribution is 5.68. The molecule has 1 heterocycles. The minimum absolute atomic E-state index is 0.109. The van der Waals surface area contributed by atoms with Crippen LogP contribution >= 0.6 is 0 Å². The van der Waals surface area contributed by atoms with Crippen molar-refractivity contribution in [1.82, 2.24) is 5.32 Å². The second-order valence-electron chi connectivity index (χ2n) is 5.54. The van der Waals surface area contributed by atoms with E-state index in [1.54, 1.807) is 20.8 Å². The summed E-state index contributed by atoms with van der Waals surface area (Å²) in [6.07, 6.45) is -0.375. The van der Waals surface area contributed by atoms with E-state index in [9.17, 15) is 9.90 Å². The Morgan fingerprint density at radius 2 is 2.17 bits per heavy atom. The molecular weight excluding hydrogens is 238 g/mol. The topological polar surface area (TPSA) is 88.0 Å². The fourth-order valence-corrected chi connectivity index (χ4v) is 1.78. The van der Waals surface area contributed by atoms with Crippen molar-refractivity contribution in [2.45, 2.75) is 57.5 Å². The summed E-state index contributed by atoms with van der Waals surface area (Å²) in [4.78, 5) is 11.5. The van der Waals surface area contributed by atoms with Crippen LogP contribution in [0.2, 0.25) is 0 Å². The van der Waals surface area contributed by atoms with Gasteiger partial charge >= 0.3 is 6.09 Å². The van der Waals surface area contributed by atoms with E-state index in [-0.39, 0.29) is 18.8 Å². The van der Waals surface area contributed by atoms with Crippen LogP contribution in [-0.4, -0.2) is 53.4 Å². The summed E-state index contributed by atoms with van der Waals surface area (Å²) >= 11 is 0. The number of nitrogens with one attached hydrogen (secondary N) is 1. The summed E-state index contributed by atoms with van der Waals surface area (Å²) in [7, 11) is 0. The Bertz CT molecular complexity index is 268. The Kier molecular flexibility index (Phi) is 5.37. The molecule has 0 saturated carbocycles. The molecule has 0 aromatic carbocycles. The van der Waals surface area contributed by atoms with Gasteiger partial charge in [-0.2, -0.15) is 0 Å². The molecule has 3 N–H and O–H groups in total. The molecule has 1 unspecified atom stereocenters. The second kappa shape index (κ2) is 6.36. The van der Waals surface area contributed by atoms with E-state index < -0.39 is 17.8 Å². The van der Waals surface area contributed by atoms with Crippen LogP contribution in [-0.2, 0) is 9.47 Å². The lowest BCUT2D eigenvalue weighted by molar-refractivity contribution is -0.0871. The van der Waals surface area contributed by atoms with Gasteiger partial charge in [-0.15, -0.1) is 0 Å². The molecule has 6 heteroatoms. The van der Waals surface area contributed by atoms with Gasteiger partial charge in [0, 0.05) is 0 Å². The Morgan fingerprint density at radius 3 is 2.61 bits per heavy atom. The first-order chi connectivity index (χ1) is 8.31. The van der Waals surface area contributed by atoms with E-state index in [4.69, 9.17) is 14.6 Å². The molecule has 18 heavy (non-hydrogen) atoms. The van der Waals surface area contributed by atoms with Crippen LogP contribution in [0.25, 0.3) is 0 Å². The molecule has 1 rings (SSSR count). The summed E-state index contributed by atoms with van der Waals surface area (Å²) < 4.78 is 10.5. The van der Waals surface area contributed by atoms with Gasteiger partial charge in [-0.05, 0) is 33.6 Å². The van der Waals surface area contributed by atoms with Gasteiger partial charge in [-0.3, -0.25) is 0 Å². The highest BCUT2D eigenvalue weighted by Gasteiger charge is 2.28. The first-order valence-electron chi connectivity index (χ1n) is 6.22. The molecule has 0 spiro atoms. The van der Waals surface area contributed by atoms with Gasteiger partial charge < -0.3 is 25.0 Å². The SMILES string of the molecule is CC(C)(C)OC(=O)N[C@@H]1CC[C@@H](C(O)CO)OC1. The van der Waals surface area contributed by atoms with Crippen molar-refractivity contribution in [2.24, 2.45) is 0 Å². The first-order valence-corrected chi connectivity index (χ1v) is 6.22. The average molecular weight is 261 g/mol. The van der Waals surface area contributed by atoms with Gasteiger partial charge in [0.05, 0.1) is 25.4 Å². The van der Waals surface area contributed by atoms with Crippen molar-refractivity contribution >= 4 is 6.09 Å². The Balaban J connectivity index is 2.29. The number of carbonyl (C=O) groups is 1. The van der Waals surface area contributed by atoms with E-state index in [0.29, 0.717) is 19.4 Å². The number of rotatable bonds is 3. The number of alkyl carbamates (subject to hydrolysis) is 1. The van der Waals surface area contributed by atoms with Gasteiger partial charge in [0.15, 0.2) is 0 Å². The zero-order chi connectivity index (χ0) is 13.8. The van der Waals surface area contributed by atoms with Gasteiger partial charge in [-0.1, -0.05) is 0 Å². The average Bonchev–Trinajstić information content (AvgIpc) is 2.26. The Hall–Kier alpha value is -0.850. The van der Waals surface area contributed by atoms with Gasteiger partial charge in [0.2, 0.25) is 0 Å².